The average molecular weight is 347 g/mol. The fraction of sp³-hybridized carbons (Fsp3) is 0.667. The van der Waals surface area contributed by atoms with Gasteiger partial charge in [0.05, 0.1) is 29.8 Å². The molecule has 0 unspecified atom stereocenters. The summed E-state index contributed by atoms with van der Waals surface area (Å²) in [6.07, 6.45) is 8.07. The zero-order valence-electron chi connectivity index (χ0n) is 14.4. The maximum absolute atomic E-state index is 6.06. The summed E-state index contributed by atoms with van der Waals surface area (Å²) in [6, 6.07) is 0. The summed E-state index contributed by atoms with van der Waals surface area (Å²) in [5.41, 5.74) is 4.42. The van der Waals surface area contributed by atoms with Crippen molar-refractivity contribution in [1.82, 2.24) is 19.4 Å². The highest BCUT2D eigenvalue weighted by molar-refractivity contribution is 7.09. The number of ether oxygens (including phenoxy) is 1. The van der Waals surface area contributed by atoms with Crippen molar-refractivity contribution in [2.45, 2.75) is 45.8 Å². The van der Waals surface area contributed by atoms with Crippen molar-refractivity contribution in [2.24, 2.45) is 11.8 Å². The maximum atomic E-state index is 6.06. The van der Waals surface area contributed by atoms with E-state index in [0.717, 1.165) is 51.0 Å². The lowest BCUT2D eigenvalue weighted by Gasteiger charge is -2.27. The summed E-state index contributed by atoms with van der Waals surface area (Å²) >= 11 is 1.76. The summed E-state index contributed by atoms with van der Waals surface area (Å²) in [5, 5.41) is 0. The number of aromatic nitrogens is 3. The Morgan fingerprint density at radius 3 is 2.88 bits per heavy atom. The predicted molar refractivity (Wildman–Crippen MR) is 94.8 cm³/mol. The molecule has 1 fully saturated rings. The van der Waals surface area contributed by atoms with Crippen molar-refractivity contribution < 1.29 is 4.74 Å². The van der Waals surface area contributed by atoms with Gasteiger partial charge in [-0.15, -0.1) is 11.3 Å². The number of rotatable bonds is 6. The zero-order chi connectivity index (χ0) is 16.4. The Balaban J connectivity index is 1.40. The molecule has 0 spiro atoms. The molecule has 24 heavy (non-hydrogen) atoms. The number of nitrogens with zero attached hydrogens (tertiary/aromatic N) is 4. The van der Waals surface area contributed by atoms with Crippen LogP contribution < -0.4 is 0 Å². The molecular weight excluding hydrogens is 320 g/mol. The molecule has 4 rings (SSSR count). The second-order valence-electron chi connectivity index (χ2n) is 7.27. The molecule has 6 heteroatoms. The third-order valence-corrected chi connectivity index (χ3v) is 6.22. The van der Waals surface area contributed by atoms with Crippen LogP contribution in [0.15, 0.2) is 18.0 Å². The van der Waals surface area contributed by atoms with Gasteiger partial charge in [-0.2, -0.15) is 0 Å². The highest BCUT2D eigenvalue weighted by atomic mass is 32.1. The Morgan fingerprint density at radius 2 is 2.12 bits per heavy atom. The van der Waals surface area contributed by atoms with Crippen LogP contribution >= 0.6 is 11.3 Å². The van der Waals surface area contributed by atoms with E-state index < -0.39 is 0 Å². The molecule has 1 aliphatic heterocycles. The molecule has 1 atom stereocenters. The van der Waals surface area contributed by atoms with Crippen LogP contribution in [-0.4, -0.2) is 39.2 Å². The highest BCUT2D eigenvalue weighted by Crippen LogP contribution is 2.27. The minimum Gasteiger partial charge on any atom is -0.381 e. The van der Waals surface area contributed by atoms with Gasteiger partial charge in [0.25, 0.3) is 0 Å². The number of aryl methyl sites for hydroxylation is 1. The zero-order valence-corrected chi connectivity index (χ0v) is 15.2. The summed E-state index contributed by atoms with van der Waals surface area (Å²) in [5.74, 6) is 1.34. The van der Waals surface area contributed by atoms with Crippen molar-refractivity contribution in [3.63, 3.8) is 0 Å². The van der Waals surface area contributed by atoms with Crippen molar-refractivity contribution in [2.75, 3.05) is 19.8 Å². The fourth-order valence-corrected chi connectivity index (χ4v) is 4.43. The lowest BCUT2D eigenvalue weighted by molar-refractivity contribution is 0.0359. The topological polar surface area (TPSA) is 43.2 Å². The molecule has 2 aromatic heterocycles. The van der Waals surface area contributed by atoms with Crippen LogP contribution in [-0.2, 0) is 24.4 Å². The summed E-state index contributed by atoms with van der Waals surface area (Å²) in [7, 11) is 0. The molecule has 0 aromatic carbocycles. The van der Waals surface area contributed by atoms with Gasteiger partial charge in [0.2, 0.25) is 0 Å². The number of hydrogen-bond acceptors (Lipinski definition) is 5. The second-order valence-corrected chi connectivity index (χ2v) is 8.21. The van der Waals surface area contributed by atoms with Gasteiger partial charge in [0.1, 0.15) is 0 Å². The molecule has 2 aromatic rings. The Bertz CT molecular complexity index is 664. The third kappa shape index (κ3) is 3.71. The van der Waals surface area contributed by atoms with Crippen LogP contribution in [0, 0.1) is 18.8 Å². The minimum absolute atomic E-state index is 0.522. The van der Waals surface area contributed by atoms with E-state index in [0.29, 0.717) is 5.92 Å². The van der Waals surface area contributed by atoms with Crippen LogP contribution in [0.25, 0.3) is 0 Å². The SMILES string of the molecule is Cc1ncsc1CN1Cc2cncn2C[C@@H](COCC2CCC2)C1. The van der Waals surface area contributed by atoms with Gasteiger partial charge in [-0.05, 0) is 25.7 Å². The number of thiazole rings is 1. The quantitative estimate of drug-likeness (QED) is 0.806. The van der Waals surface area contributed by atoms with E-state index in [9.17, 15) is 0 Å². The standard InChI is InChI=1S/C18H26N4OS/c1-14-18(24-13-20-14)9-21-6-16(11-23-10-15-3-2-4-15)7-22-12-19-5-17(22)8-21/h5,12-13,15-16H,2-4,6-11H2,1H3/t16-/m0/s1. The molecule has 1 aliphatic carbocycles. The molecule has 0 radical (unpaired) electrons. The molecule has 1 saturated carbocycles. The van der Waals surface area contributed by atoms with Gasteiger partial charge in [-0.25, -0.2) is 9.97 Å². The molecule has 2 aliphatic rings. The van der Waals surface area contributed by atoms with Crippen LogP contribution in [0.4, 0.5) is 0 Å². The summed E-state index contributed by atoms with van der Waals surface area (Å²) < 4.78 is 8.36. The van der Waals surface area contributed by atoms with Crippen LogP contribution in [0.5, 0.6) is 0 Å². The van der Waals surface area contributed by atoms with Gasteiger partial charge in [0.15, 0.2) is 0 Å². The molecule has 5 nitrogen and oxygen atoms in total. The Morgan fingerprint density at radius 1 is 1.25 bits per heavy atom. The number of fused-ring (bicyclic) bond motifs is 1. The first-order chi connectivity index (χ1) is 11.8. The number of imidazole rings is 1. The van der Waals surface area contributed by atoms with E-state index in [1.165, 1.54) is 29.8 Å². The van der Waals surface area contributed by atoms with E-state index in [1.807, 2.05) is 18.0 Å². The lowest BCUT2D eigenvalue weighted by Crippen LogP contribution is -2.30. The molecule has 0 bridgehead atoms. The van der Waals surface area contributed by atoms with Crippen LogP contribution in [0.1, 0.15) is 35.5 Å². The minimum atomic E-state index is 0.522. The predicted octanol–water partition coefficient (Wildman–Crippen LogP) is 3.10. The largest absolute Gasteiger partial charge is 0.381 e. The highest BCUT2D eigenvalue weighted by Gasteiger charge is 2.24. The van der Waals surface area contributed by atoms with Gasteiger partial charge in [-0.3, -0.25) is 4.90 Å². The number of hydrogen-bond donors (Lipinski definition) is 0. The molecule has 0 N–H and O–H groups in total. The first-order valence-electron chi connectivity index (χ1n) is 8.96. The van der Waals surface area contributed by atoms with Crippen molar-refractivity contribution >= 4 is 11.3 Å². The third-order valence-electron chi connectivity index (χ3n) is 5.30. The van der Waals surface area contributed by atoms with Gasteiger partial charge < -0.3 is 9.30 Å². The van der Waals surface area contributed by atoms with E-state index in [-0.39, 0.29) is 0 Å². The van der Waals surface area contributed by atoms with Crippen LogP contribution in [0.3, 0.4) is 0 Å². The van der Waals surface area contributed by atoms with Crippen LogP contribution in [0.2, 0.25) is 0 Å². The van der Waals surface area contributed by atoms with Crippen molar-refractivity contribution in [3.05, 3.63) is 34.3 Å². The summed E-state index contributed by atoms with van der Waals surface area (Å²) in [6.45, 7) is 7.92. The normalized spacial score (nSPS) is 22.1. The second kappa shape index (κ2) is 7.33. The van der Waals surface area contributed by atoms with Gasteiger partial charge in [-0.1, -0.05) is 6.42 Å². The van der Waals surface area contributed by atoms with E-state index >= 15 is 0 Å². The van der Waals surface area contributed by atoms with Gasteiger partial charge >= 0.3 is 0 Å². The average Bonchev–Trinajstić information content (AvgIpc) is 3.08. The molecule has 130 valence electrons. The molecule has 0 amide bonds. The van der Waals surface area contributed by atoms with E-state index in [2.05, 4.69) is 26.4 Å². The first-order valence-corrected chi connectivity index (χ1v) is 9.84. The van der Waals surface area contributed by atoms with Crippen molar-refractivity contribution in [1.29, 1.82) is 0 Å². The maximum Gasteiger partial charge on any atom is 0.0948 e. The Labute approximate surface area is 147 Å². The first kappa shape index (κ1) is 16.2. The monoisotopic (exact) mass is 346 g/mol. The lowest BCUT2D eigenvalue weighted by atomic mass is 9.86. The van der Waals surface area contributed by atoms with Gasteiger partial charge in [0, 0.05) is 49.8 Å². The smallest absolute Gasteiger partial charge is 0.0948 e. The molecule has 0 saturated heterocycles. The van der Waals surface area contributed by atoms with E-state index in [1.54, 1.807) is 11.3 Å². The summed E-state index contributed by atoms with van der Waals surface area (Å²) in [4.78, 5) is 12.6. The Hall–Kier alpha value is -1.24. The Kier molecular flexibility index (Phi) is 4.96. The fourth-order valence-electron chi connectivity index (χ4n) is 3.61. The van der Waals surface area contributed by atoms with Crippen molar-refractivity contribution in [3.8, 4) is 0 Å². The molecule has 3 heterocycles. The molecular formula is C18H26N4OS. The van der Waals surface area contributed by atoms with E-state index in [4.69, 9.17) is 4.74 Å².